The van der Waals surface area contributed by atoms with E-state index in [1.165, 1.54) is 5.56 Å². The van der Waals surface area contributed by atoms with Gasteiger partial charge in [0, 0.05) is 12.7 Å². The van der Waals surface area contributed by atoms with Crippen LogP contribution in [0.25, 0.3) is 0 Å². The SMILES string of the molecule is Cc1ccc(Cn2cccc2C(=O)C(=O)Nc2ccc(C)cc2Cl)cc1. The highest BCUT2D eigenvalue weighted by Crippen LogP contribution is 2.23. The molecule has 0 unspecified atom stereocenters. The highest BCUT2D eigenvalue weighted by molar-refractivity contribution is 6.47. The highest BCUT2D eigenvalue weighted by atomic mass is 35.5. The minimum Gasteiger partial charge on any atom is -0.340 e. The van der Waals surface area contributed by atoms with Gasteiger partial charge in [-0.05, 0) is 49.2 Å². The van der Waals surface area contributed by atoms with Gasteiger partial charge in [0.2, 0.25) is 0 Å². The Morgan fingerprint density at radius 3 is 2.38 bits per heavy atom. The summed E-state index contributed by atoms with van der Waals surface area (Å²) in [5.41, 5.74) is 3.97. The number of hydrogen-bond acceptors (Lipinski definition) is 2. The number of carbonyl (C=O) groups excluding carboxylic acids is 2. The Balaban J connectivity index is 1.76. The van der Waals surface area contributed by atoms with Crippen LogP contribution < -0.4 is 5.32 Å². The highest BCUT2D eigenvalue weighted by Gasteiger charge is 2.20. The zero-order valence-electron chi connectivity index (χ0n) is 14.6. The van der Waals surface area contributed by atoms with Crippen LogP contribution in [0.5, 0.6) is 0 Å². The Kier molecular flexibility index (Phi) is 5.24. The van der Waals surface area contributed by atoms with Crippen LogP contribution in [0.4, 0.5) is 5.69 Å². The fourth-order valence-electron chi connectivity index (χ4n) is 2.67. The fraction of sp³-hybridized carbons (Fsp3) is 0.143. The number of ketones is 1. The summed E-state index contributed by atoms with van der Waals surface area (Å²) in [7, 11) is 0. The molecule has 26 heavy (non-hydrogen) atoms. The van der Waals surface area contributed by atoms with Crippen molar-refractivity contribution >= 4 is 29.0 Å². The van der Waals surface area contributed by atoms with Crippen molar-refractivity contribution in [1.29, 1.82) is 0 Å². The predicted octanol–water partition coefficient (Wildman–Crippen LogP) is 4.63. The molecule has 4 nitrogen and oxygen atoms in total. The third-order valence-electron chi connectivity index (χ3n) is 4.11. The molecule has 3 aromatic rings. The van der Waals surface area contributed by atoms with Gasteiger partial charge in [-0.2, -0.15) is 0 Å². The smallest absolute Gasteiger partial charge is 0.298 e. The first-order chi connectivity index (χ1) is 12.4. The standard InChI is InChI=1S/C21H19ClN2O2/c1-14-5-8-16(9-6-14)13-24-11-3-4-19(24)20(25)21(26)23-18-10-7-15(2)12-17(18)22/h3-12H,13H2,1-2H3,(H,23,26). The number of nitrogens with one attached hydrogen (secondary N) is 1. The van der Waals surface area contributed by atoms with E-state index in [2.05, 4.69) is 5.32 Å². The van der Waals surface area contributed by atoms with Crippen LogP contribution in [0.2, 0.25) is 5.02 Å². The van der Waals surface area contributed by atoms with Crippen molar-refractivity contribution in [3.8, 4) is 0 Å². The lowest BCUT2D eigenvalue weighted by molar-refractivity contribution is -0.112. The fourth-order valence-corrected chi connectivity index (χ4v) is 2.95. The summed E-state index contributed by atoms with van der Waals surface area (Å²) in [6.45, 7) is 4.45. The van der Waals surface area contributed by atoms with Crippen LogP contribution in [0, 0.1) is 13.8 Å². The molecule has 3 rings (SSSR count). The lowest BCUT2D eigenvalue weighted by Gasteiger charge is -2.10. The largest absolute Gasteiger partial charge is 0.340 e. The molecule has 0 aliphatic rings. The number of halogens is 1. The minimum absolute atomic E-state index is 0.339. The number of aryl methyl sites for hydroxylation is 2. The number of rotatable bonds is 5. The molecule has 2 aromatic carbocycles. The summed E-state index contributed by atoms with van der Waals surface area (Å²) in [5.74, 6) is -1.31. The van der Waals surface area contributed by atoms with Crippen molar-refractivity contribution < 1.29 is 9.59 Å². The van der Waals surface area contributed by atoms with E-state index in [-0.39, 0.29) is 0 Å². The monoisotopic (exact) mass is 366 g/mol. The van der Waals surface area contributed by atoms with Gasteiger partial charge in [-0.1, -0.05) is 47.5 Å². The second-order valence-corrected chi connectivity index (χ2v) is 6.68. The first-order valence-electron chi connectivity index (χ1n) is 8.26. The Hall–Kier alpha value is -2.85. The average molecular weight is 367 g/mol. The van der Waals surface area contributed by atoms with Crippen molar-refractivity contribution in [3.05, 3.63) is 88.2 Å². The van der Waals surface area contributed by atoms with Gasteiger partial charge in [-0.25, -0.2) is 0 Å². The van der Waals surface area contributed by atoms with Crippen LogP contribution in [0.15, 0.2) is 60.8 Å². The maximum atomic E-state index is 12.6. The predicted molar refractivity (Wildman–Crippen MR) is 104 cm³/mol. The van der Waals surface area contributed by atoms with Crippen molar-refractivity contribution in [3.63, 3.8) is 0 Å². The molecule has 1 amide bonds. The zero-order valence-corrected chi connectivity index (χ0v) is 15.4. The van der Waals surface area contributed by atoms with Crippen LogP contribution >= 0.6 is 11.6 Å². The molecular weight excluding hydrogens is 348 g/mol. The van der Waals surface area contributed by atoms with Gasteiger partial charge >= 0.3 is 0 Å². The summed E-state index contributed by atoms with van der Waals surface area (Å²) in [6.07, 6.45) is 1.79. The zero-order chi connectivity index (χ0) is 18.7. The average Bonchev–Trinajstić information content (AvgIpc) is 3.06. The van der Waals surface area contributed by atoms with E-state index in [1.807, 2.05) is 44.2 Å². The Bertz CT molecular complexity index is 958. The molecule has 0 bridgehead atoms. The third kappa shape index (κ3) is 4.03. The molecule has 0 spiro atoms. The number of benzene rings is 2. The van der Waals surface area contributed by atoms with Gasteiger partial charge in [0.15, 0.2) is 0 Å². The number of carbonyl (C=O) groups is 2. The molecule has 5 heteroatoms. The van der Waals surface area contributed by atoms with Crippen molar-refractivity contribution in [1.82, 2.24) is 4.57 Å². The summed E-state index contributed by atoms with van der Waals surface area (Å²) in [6, 6.07) is 16.7. The van der Waals surface area contributed by atoms with E-state index >= 15 is 0 Å². The van der Waals surface area contributed by atoms with Crippen molar-refractivity contribution in [2.24, 2.45) is 0 Å². The van der Waals surface area contributed by atoms with Crippen LogP contribution in [-0.2, 0) is 11.3 Å². The van der Waals surface area contributed by atoms with Crippen molar-refractivity contribution in [2.75, 3.05) is 5.32 Å². The molecule has 0 aliphatic carbocycles. The summed E-state index contributed by atoms with van der Waals surface area (Å²) in [5, 5.41) is 2.99. The number of nitrogens with zero attached hydrogens (tertiary/aromatic N) is 1. The summed E-state index contributed by atoms with van der Waals surface area (Å²) < 4.78 is 1.77. The molecule has 0 aliphatic heterocycles. The van der Waals surface area contributed by atoms with Crippen molar-refractivity contribution in [2.45, 2.75) is 20.4 Å². The van der Waals surface area contributed by atoms with Gasteiger partial charge in [0.05, 0.1) is 16.4 Å². The second kappa shape index (κ2) is 7.58. The van der Waals surface area contributed by atoms with Gasteiger partial charge in [-0.3, -0.25) is 9.59 Å². The number of amides is 1. The normalized spacial score (nSPS) is 10.6. The van der Waals surface area contributed by atoms with E-state index in [0.717, 1.165) is 11.1 Å². The molecular formula is C21H19ClN2O2. The number of hydrogen-bond donors (Lipinski definition) is 1. The van der Waals surface area contributed by atoms with Gasteiger partial charge in [-0.15, -0.1) is 0 Å². The second-order valence-electron chi connectivity index (χ2n) is 6.27. The van der Waals surface area contributed by atoms with Gasteiger partial charge < -0.3 is 9.88 Å². The van der Waals surface area contributed by atoms with E-state index in [9.17, 15) is 9.59 Å². The van der Waals surface area contributed by atoms with E-state index < -0.39 is 11.7 Å². The van der Waals surface area contributed by atoms with E-state index in [4.69, 9.17) is 11.6 Å². The maximum absolute atomic E-state index is 12.6. The van der Waals surface area contributed by atoms with E-state index in [1.54, 1.807) is 35.0 Å². The van der Waals surface area contributed by atoms with Crippen LogP contribution in [-0.4, -0.2) is 16.3 Å². The first kappa shape index (κ1) is 18.0. The number of anilines is 1. The Morgan fingerprint density at radius 1 is 1.00 bits per heavy atom. The molecule has 0 saturated carbocycles. The summed E-state index contributed by atoms with van der Waals surface area (Å²) in [4.78, 5) is 24.9. The quantitative estimate of drug-likeness (QED) is 0.528. The first-order valence-corrected chi connectivity index (χ1v) is 8.64. The maximum Gasteiger partial charge on any atom is 0.298 e. The molecule has 1 heterocycles. The lowest BCUT2D eigenvalue weighted by Crippen LogP contribution is -2.25. The number of Topliss-reactive ketones (excluding diaryl/α,β-unsaturated/α-hetero) is 1. The van der Waals surface area contributed by atoms with Gasteiger partial charge in [0.1, 0.15) is 0 Å². The molecule has 1 N–H and O–H groups in total. The molecule has 0 saturated heterocycles. The topological polar surface area (TPSA) is 51.1 Å². The van der Waals surface area contributed by atoms with E-state index in [0.29, 0.717) is 22.9 Å². The van der Waals surface area contributed by atoms with Crippen LogP contribution in [0.3, 0.4) is 0 Å². The molecule has 0 atom stereocenters. The molecule has 132 valence electrons. The van der Waals surface area contributed by atoms with Crippen LogP contribution in [0.1, 0.15) is 27.2 Å². The van der Waals surface area contributed by atoms with Gasteiger partial charge in [0.25, 0.3) is 11.7 Å². The molecule has 1 aromatic heterocycles. The summed E-state index contributed by atoms with van der Waals surface area (Å²) >= 11 is 6.12. The molecule has 0 fully saturated rings. The minimum atomic E-state index is -0.709. The number of aromatic nitrogens is 1. The molecule has 0 radical (unpaired) electrons. The Labute approximate surface area is 157 Å². The third-order valence-corrected chi connectivity index (χ3v) is 4.43. The lowest BCUT2D eigenvalue weighted by atomic mass is 10.1. The Morgan fingerprint density at radius 2 is 1.69 bits per heavy atom.